The first-order chi connectivity index (χ1) is 12.4. The molecule has 13 heteroatoms. The van der Waals surface area contributed by atoms with Gasteiger partial charge in [0.25, 0.3) is 0 Å². The van der Waals surface area contributed by atoms with Crippen LogP contribution in [-0.4, -0.2) is 40.9 Å². The maximum atomic E-state index is 12.7. The topological polar surface area (TPSA) is 110 Å². The number of sulfonamides is 1. The van der Waals surface area contributed by atoms with Crippen LogP contribution in [0.4, 0.5) is 18.0 Å². The predicted molar refractivity (Wildman–Crippen MR) is 87.0 cm³/mol. The molecule has 0 unspecified atom stereocenters. The van der Waals surface area contributed by atoms with Crippen LogP contribution in [0.2, 0.25) is 5.15 Å². The summed E-state index contributed by atoms with van der Waals surface area (Å²) in [7, 11) is -3.19. The van der Waals surface area contributed by atoms with E-state index in [4.69, 9.17) is 21.4 Å². The highest BCUT2D eigenvalue weighted by Gasteiger charge is 2.35. The van der Waals surface area contributed by atoms with Crippen LogP contribution in [-0.2, 0) is 22.0 Å². The maximum Gasteiger partial charge on any atom is 0.451 e. The molecule has 1 heterocycles. The van der Waals surface area contributed by atoms with E-state index in [0.29, 0.717) is 0 Å². The number of aromatic nitrogens is 2. The van der Waals surface area contributed by atoms with Crippen molar-refractivity contribution in [2.24, 2.45) is 0 Å². The summed E-state index contributed by atoms with van der Waals surface area (Å²) in [4.78, 5) is 17.0. The first-order valence-corrected chi connectivity index (χ1v) is 8.95. The number of carboxylic acid groups (broad SMARTS) is 1. The lowest BCUT2D eigenvalue weighted by Gasteiger charge is -2.14. The van der Waals surface area contributed by atoms with E-state index in [0.717, 1.165) is 13.1 Å². The van der Waals surface area contributed by atoms with Crippen molar-refractivity contribution >= 4 is 27.7 Å². The van der Waals surface area contributed by atoms with Gasteiger partial charge in [-0.2, -0.15) is 18.2 Å². The molecule has 0 bridgehead atoms. The Hall–Kier alpha value is -2.60. The van der Waals surface area contributed by atoms with Crippen LogP contribution in [0.25, 0.3) is 0 Å². The van der Waals surface area contributed by atoms with Gasteiger partial charge in [0.1, 0.15) is 10.9 Å². The molecule has 27 heavy (non-hydrogen) atoms. The zero-order valence-electron chi connectivity index (χ0n) is 13.4. The Morgan fingerprint density at radius 1 is 1.26 bits per heavy atom. The molecular weight excluding hydrogens is 415 g/mol. The Morgan fingerprint density at radius 3 is 2.37 bits per heavy atom. The van der Waals surface area contributed by atoms with Gasteiger partial charge >= 0.3 is 12.3 Å². The van der Waals surface area contributed by atoms with Gasteiger partial charge in [0.2, 0.25) is 21.7 Å². The molecule has 1 aromatic carbocycles. The summed E-state index contributed by atoms with van der Waals surface area (Å²) in [6.45, 7) is 0. The minimum Gasteiger partial charge on any atom is -0.464 e. The summed E-state index contributed by atoms with van der Waals surface area (Å²) < 4.78 is 67.1. The number of alkyl halides is 3. The number of hydrogen-bond acceptors (Lipinski definition) is 6. The highest BCUT2D eigenvalue weighted by Crippen LogP contribution is 2.30. The van der Waals surface area contributed by atoms with E-state index in [1.807, 2.05) is 0 Å². The van der Waals surface area contributed by atoms with E-state index in [1.165, 1.54) is 24.3 Å². The van der Waals surface area contributed by atoms with Gasteiger partial charge in [-0.15, -0.1) is 0 Å². The molecule has 0 atom stereocenters. The fourth-order valence-electron chi connectivity index (χ4n) is 1.78. The lowest BCUT2D eigenvalue weighted by atomic mass is 10.2. The van der Waals surface area contributed by atoms with Gasteiger partial charge in [-0.05, 0) is 17.7 Å². The molecule has 2 rings (SSSR count). The van der Waals surface area contributed by atoms with Crippen molar-refractivity contribution < 1.29 is 36.2 Å². The normalized spacial score (nSPS) is 11.9. The monoisotopic (exact) mass is 425 g/mol. The van der Waals surface area contributed by atoms with Gasteiger partial charge in [0.15, 0.2) is 0 Å². The summed E-state index contributed by atoms with van der Waals surface area (Å²) in [6.07, 6.45) is -6.44. The molecule has 0 saturated heterocycles. The summed E-state index contributed by atoms with van der Waals surface area (Å²) in [5, 5.41) is 8.26. The number of nitrogens with zero attached hydrogens (tertiary/aromatic N) is 3. The molecule has 0 saturated carbocycles. The highest BCUT2D eigenvalue weighted by molar-refractivity contribution is 7.88. The van der Waals surface area contributed by atoms with Crippen LogP contribution in [0.3, 0.4) is 0 Å². The standard InChI is InChI=1S/C14H11ClF3N3O5S/c1-21(13(22)23)27(24,25)7-8-2-4-9(5-3-8)26-11-6-10(15)19-12(20-11)14(16,17)18/h2-6H,7H2,1H3,(H,22,23). The summed E-state index contributed by atoms with van der Waals surface area (Å²) >= 11 is 5.52. The Balaban J connectivity index is 2.17. The van der Waals surface area contributed by atoms with Crippen LogP contribution in [0.1, 0.15) is 11.4 Å². The van der Waals surface area contributed by atoms with Gasteiger partial charge in [0, 0.05) is 13.1 Å². The minimum absolute atomic E-state index is 0.0608. The number of rotatable bonds is 5. The second-order valence-corrected chi connectivity index (χ2v) is 7.49. The van der Waals surface area contributed by atoms with E-state index in [1.54, 1.807) is 0 Å². The van der Waals surface area contributed by atoms with Crippen LogP contribution in [0.15, 0.2) is 30.3 Å². The summed E-state index contributed by atoms with van der Waals surface area (Å²) in [6, 6.07) is 6.19. The van der Waals surface area contributed by atoms with Crippen LogP contribution >= 0.6 is 11.6 Å². The number of halogens is 4. The molecule has 0 fully saturated rings. The Bertz CT molecular complexity index is 951. The van der Waals surface area contributed by atoms with E-state index < -0.39 is 44.9 Å². The van der Waals surface area contributed by atoms with E-state index in [9.17, 15) is 26.4 Å². The smallest absolute Gasteiger partial charge is 0.451 e. The zero-order valence-corrected chi connectivity index (χ0v) is 15.0. The zero-order chi connectivity index (χ0) is 20.4. The number of ether oxygens (including phenoxy) is 1. The van der Waals surface area contributed by atoms with Crippen molar-refractivity contribution in [2.45, 2.75) is 11.9 Å². The quantitative estimate of drug-likeness (QED) is 0.731. The van der Waals surface area contributed by atoms with Crippen molar-refractivity contribution in [3.05, 3.63) is 46.9 Å². The van der Waals surface area contributed by atoms with Crippen molar-refractivity contribution in [1.82, 2.24) is 14.3 Å². The Kier molecular flexibility index (Phi) is 5.80. The Morgan fingerprint density at radius 2 is 1.85 bits per heavy atom. The molecule has 8 nitrogen and oxygen atoms in total. The van der Waals surface area contributed by atoms with Gasteiger partial charge in [-0.1, -0.05) is 23.7 Å². The molecule has 1 N–H and O–H groups in total. The van der Waals surface area contributed by atoms with Crippen molar-refractivity contribution in [3.63, 3.8) is 0 Å². The molecule has 0 radical (unpaired) electrons. The Labute approximate surface area is 156 Å². The average Bonchev–Trinajstić information content (AvgIpc) is 2.54. The molecule has 1 amide bonds. The average molecular weight is 426 g/mol. The number of hydrogen-bond donors (Lipinski definition) is 1. The number of benzene rings is 1. The molecule has 2 aromatic rings. The second kappa shape index (κ2) is 7.56. The molecule has 0 aliphatic heterocycles. The third-order valence-corrected chi connectivity index (χ3v) is 4.99. The lowest BCUT2D eigenvalue weighted by molar-refractivity contribution is -0.145. The van der Waals surface area contributed by atoms with E-state index in [2.05, 4.69) is 9.97 Å². The first kappa shape index (κ1) is 20.7. The van der Waals surface area contributed by atoms with E-state index >= 15 is 0 Å². The largest absolute Gasteiger partial charge is 0.464 e. The molecule has 1 aromatic heterocycles. The maximum absolute atomic E-state index is 12.7. The van der Waals surface area contributed by atoms with Gasteiger partial charge < -0.3 is 9.84 Å². The predicted octanol–water partition coefficient (Wildman–Crippen LogP) is 3.38. The fraction of sp³-hybridized carbons (Fsp3) is 0.214. The second-order valence-electron chi connectivity index (χ2n) is 5.10. The minimum atomic E-state index is -4.81. The van der Waals surface area contributed by atoms with Crippen LogP contribution in [0.5, 0.6) is 11.6 Å². The molecule has 0 spiro atoms. The molecule has 0 aliphatic rings. The van der Waals surface area contributed by atoms with Gasteiger partial charge in [-0.25, -0.2) is 22.5 Å². The molecule has 0 aliphatic carbocycles. The first-order valence-electron chi connectivity index (χ1n) is 6.96. The fourth-order valence-corrected chi connectivity index (χ4v) is 3.00. The van der Waals surface area contributed by atoms with Crippen LogP contribution in [0, 0.1) is 0 Å². The number of amides is 1. The molecular formula is C14H11ClF3N3O5S. The van der Waals surface area contributed by atoms with Gasteiger partial charge in [-0.3, -0.25) is 0 Å². The molecule has 146 valence electrons. The SMILES string of the molecule is CN(C(=O)O)S(=O)(=O)Cc1ccc(Oc2cc(Cl)nc(C(F)(F)F)n2)cc1. The third-order valence-electron chi connectivity index (χ3n) is 3.11. The van der Waals surface area contributed by atoms with Crippen LogP contribution < -0.4 is 4.74 Å². The third kappa shape index (κ3) is 5.44. The number of carbonyl (C=O) groups is 1. The van der Waals surface area contributed by atoms with Crippen molar-refractivity contribution in [1.29, 1.82) is 0 Å². The van der Waals surface area contributed by atoms with Gasteiger partial charge in [0.05, 0.1) is 5.75 Å². The van der Waals surface area contributed by atoms with E-state index in [-0.39, 0.29) is 15.6 Å². The lowest BCUT2D eigenvalue weighted by Crippen LogP contribution is -2.32. The summed E-state index contributed by atoms with van der Waals surface area (Å²) in [5.74, 6) is -2.45. The highest BCUT2D eigenvalue weighted by atomic mass is 35.5. The van der Waals surface area contributed by atoms with Crippen molar-refractivity contribution in [3.8, 4) is 11.6 Å². The van der Waals surface area contributed by atoms with Crippen molar-refractivity contribution in [2.75, 3.05) is 7.05 Å². The summed E-state index contributed by atoms with van der Waals surface area (Å²) in [5.41, 5.74) is 0.243.